The van der Waals surface area contributed by atoms with Crippen molar-refractivity contribution in [2.45, 2.75) is 72.3 Å². The molecule has 0 radical (unpaired) electrons. The molecule has 0 aliphatic heterocycles. The standard InChI is InChI=1S/C17H33NO2/c1-6-11-18-15(12-16(19)20-5)13-7-9-14(10-8-13)17(2,3)4/h13-15,18H,6-12H2,1-5H3. The molecule has 3 heteroatoms. The van der Waals surface area contributed by atoms with Gasteiger partial charge in [0.05, 0.1) is 13.5 Å². The van der Waals surface area contributed by atoms with Gasteiger partial charge >= 0.3 is 5.97 Å². The second-order valence-electron chi connectivity index (χ2n) is 7.32. The lowest BCUT2D eigenvalue weighted by Gasteiger charge is -2.39. The van der Waals surface area contributed by atoms with Gasteiger partial charge in [-0.2, -0.15) is 0 Å². The van der Waals surface area contributed by atoms with Crippen molar-refractivity contribution in [2.75, 3.05) is 13.7 Å². The minimum absolute atomic E-state index is 0.0865. The molecular formula is C17H33NO2. The van der Waals surface area contributed by atoms with E-state index in [1.807, 2.05) is 0 Å². The van der Waals surface area contributed by atoms with Crippen molar-refractivity contribution in [1.82, 2.24) is 5.32 Å². The summed E-state index contributed by atoms with van der Waals surface area (Å²) in [5.74, 6) is 1.36. The van der Waals surface area contributed by atoms with E-state index in [4.69, 9.17) is 4.74 Å². The highest BCUT2D eigenvalue weighted by molar-refractivity contribution is 5.69. The lowest BCUT2D eigenvalue weighted by Crippen LogP contribution is -2.41. The van der Waals surface area contributed by atoms with Crippen LogP contribution in [0.25, 0.3) is 0 Å². The van der Waals surface area contributed by atoms with E-state index < -0.39 is 0 Å². The van der Waals surface area contributed by atoms with E-state index in [-0.39, 0.29) is 5.97 Å². The molecule has 0 bridgehead atoms. The topological polar surface area (TPSA) is 38.3 Å². The molecule has 1 rings (SSSR count). The van der Waals surface area contributed by atoms with Gasteiger partial charge in [0, 0.05) is 6.04 Å². The highest BCUT2D eigenvalue weighted by Crippen LogP contribution is 2.41. The highest BCUT2D eigenvalue weighted by atomic mass is 16.5. The van der Waals surface area contributed by atoms with Crippen LogP contribution in [0.4, 0.5) is 0 Å². The van der Waals surface area contributed by atoms with Crippen molar-refractivity contribution in [3.8, 4) is 0 Å². The van der Waals surface area contributed by atoms with Crippen molar-refractivity contribution in [3.63, 3.8) is 0 Å². The Hall–Kier alpha value is -0.570. The van der Waals surface area contributed by atoms with Crippen molar-refractivity contribution in [3.05, 3.63) is 0 Å². The molecule has 1 unspecified atom stereocenters. The highest BCUT2D eigenvalue weighted by Gasteiger charge is 2.33. The number of hydrogen-bond acceptors (Lipinski definition) is 3. The maximum Gasteiger partial charge on any atom is 0.307 e. The normalized spacial score (nSPS) is 25.2. The van der Waals surface area contributed by atoms with Crippen LogP contribution in [0.2, 0.25) is 0 Å². The van der Waals surface area contributed by atoms with Crippen LogP contribution in [0, 0.1) is 17.3 Å². The third-order valence-corrected chi connectivity index (χ3v) is 4.84. The molecule has 20 heavy (non-hydrogen) atoms. The average molecular weight is 283 g/mol. The maximum absolute atomic E-state index is 11.6. The fourth-order valence-electron chi connectivity index (χ4n) is 3.39. The first-order valence-electron chi connectivity index (χ1n) is 8.18. The molecule has 0 heterocycles. The minimum atomic E-state index is -0.0865. The third kappa shape index (κ3) is 5.43. The van der Waals surface area contributed by atoms with Gasteiger partial charge in [0.2, 0.25) is 0 Å². The van der Waals surface area contributed by atoms with Gasteiger partial charge in [-0.3, -0.25) is 4.79 Å². The second-order valence-corrected chi connectivity index (χ2v) is 7.32. The van der Waals surface area contributed by atoms with Gasteiger partial charge in [-0.25, -0.2) is 0 Å². The fraction of sp³-hybridized carbons (Fsp3) is 0.941. The lowest BCUT2D eigenvalue weighted by atomic mass is 9.68. The monoisotopic (exact) mass is 283 g/mol. The van der Waals surface area contributed by atoms with Gasteiger partial charge in [-0.05, 0) is 55.9 Å². The summed E-state index contributed by atoms with van der Waals surface area (Å²) in [6.45, 7) is 10.2. The molecule has 0 saturated heterocycles. The number of carbonyl (C=O) groups excluding carboxylic acids is 1. The Morgan fingerprint density at radius 1 is 1.25 bits per heavy atom. The molecule has 0 aromatic rings. The van der Waals surface area contributed by atoms with Gasteiger partial charge in [-0.1, -0.05) is 27.7 Å². The van der Waals surface area contributed by atoms with Crippen LogP contribution in [0.15, 0.2) is 0 Å². The van der Waals surface area contributed by atoms with Crippen LogP contribution in [0.3, 0.4) is 0 Å². The van der Waals surface area contributed by atoms with Crippen LogP contribution in [0.1, 0.15) is 66.2 Å². The van der Waals surface area contributed by atoms with Crippen LogP contribution in [-0.2, 0) is 9.53 Å². The average Bonchev–Trinajstić information content (AvgIpc) is 2.42. The fourth-order valence-corrected chi connectivity index (χ4v) is 3.39. The Labute approximate surface area is 124 Å². The third-order valence-electron chi connectivity index (χ3n) is 4.84. The molecule has 118 valence electrons. The van der Waals surface area contributed by atoms with Crippen LogP contribution in [-0.4, -0.2) is 25.7 Å². The van der Waals surface area contributed by atoms with Crippen LogP contribution in [0.5, 0.6) is 0 Å². The van der Waals surface area contributed by atoms with E-state index in [0.717, 1.165) is 18.9 Å². The molecule has 1 aliphatic rings. The van der Waals surface area contributed by atoms with Crippen molar-refractivity contribution < 1.29 is 9.53 Å². The molecule has 1 atom stereocenters. The zero-order chi connectivity index (χ0) is 15.2. The number of rotatable bonds is 6. The molecule has 1 aliphatic carbocycles. The number of methoxy groups -OCH3 is 1. The number of esters is 1. The maximum atomic E-state index is 11.6. The first-order valence-corrected chi connectivity index (χ1v) is 8.18. The Morgan fingerprint density at radius 3 is 2.30 bits per heavy atom. The summed E-state index contributed by atoms with van der Waals surface area (Å²) in [5.41, 5.74) is 0.416. The summed E-state index contributed by atoms with van der Waals surface area (Å²) < 4.78 is 4.85. The summed E-state index contributed by atoms with van der Waals surface area (Å²) in [6, 6.07) is 0.295. The van der Waals surface area contributed by atoms with E-state index in [1.165, 1.54) is 32.8 Å². The van der Waals surface area contributed by atoms with Gasteiger partial charge in [0.15, 0.2) is 0 Å². The second kappa shape index (κ2) is 8.02. The Kier molecular flexibility index (Phi) is 7.01. The molecule has 0 aromatic heterocycles. The van der Waals surface area contributed by atoms with Crippen molar-refractivity contribution in [2.24, 2.45) is 17.3 Å². The summed E-state index contributed by atoms with van der Waals surface area (Å²) >= 11 is 0. The van der Waals surface area contributed by atoms with Gasteiger partial charge in [0.25, 0.3) is 0 Å². The molecule has 1 saturated carbocycles. The number of hydrogen-bond donors (Lipinski definition) is 1. The van der Waals surface area contributed by atoms with Crippen LogP contribution >= 0.6 is 0 Å². The lowest BCUT2D eigenvalue weighted by molar-refractivity contribution is -0.141. The van der Waals surface area contributed by atoms with Gasteiger partial charge < -0.3 is 10.1 Å². The molecule has 0 spiro atoms. The summed E-state index contributed by atoms with van der Waals surface area (Å²) in [4.78, 5) is 11.6. The predicted octanol–water partition coefficient (Wildman–Crippen LogP) is 3.77. The van der Waals surface area contributed by atoms with Crippen LogP contribution < -0.4 is 5.32 Å². The zero-order valence-corrected chi connectivity index (χ0v) is 14.0. The molecular weight excluding hydrogens is 250 g/mol. The quantitative estimate of drug-likeness (QED) is 0.754. The van der Waals surface area contributed by atoms with E-state index in [9.17, 15) is 4.79 Å². The summed E-state index contributed by atoms with van der Waals surface area (Å²) in [5, 5.41) is 3.56. The SMILES string of the molecule is CCCNC(CC(=O)OC)C1CCC(C(C)(C)C)CC1. The number of ether oxygens (including phenoxy) is 1. The zero-order valence-electron chi connectivity index (χ0n) is 14.0. The minimum Gasteiger partial charge on any atom is -0.469 e. The molecule has 0 aromatic carbocycles. The smallest absolute Gasteiger partial charge is 0.307 e. The predicted molar refractivity (Wildman–Crippen MR) is 83.6 cm³/mol. The van der Waals surface area contributed by atoms with E-state index >= 15 is 0 Å². The molecule has 3 nitrogen and oxygen atoms in total. The van der Waals surface area contributed by atoms with Gasteiger partial charge in [0.1, 0.15) is 0 Å². The Morgan fingerprint density at radius 2 is 1.85 bits per heavy atom. The first-order chi connectivity index (χ1) is 9.38. The first kappa shape index (κ1) is 17.5. The molecule has 1 N–H and O–H groups in total. The number of nitrogens with one attached hydrogen (secondary N) is 1. The largest absolute Gasteiger partial charge is 0.469 e. The van der Waals surface area contributed by atoms with E-state index in [1.54, 1.807) is 0 Å². The van der Waals surface area contributed by atoms with E-state index in [0.29, 0.717) is 23.8 Å². The Balaban J connectivity index is 2.53. The molecule has 1 fully saturated rings. The summed E-state index contributed by atoms with van der Waals surface area (Å²) in [7, 11) is 1.48. The number of carbonyl (C=O) groups is 1. The Bertz CT molecular complexity index is 288. The summed E-state index contributed by atoms with van der Waals surface area (Å²) in [6.07, 6.45) is 6.68. The van der Waals surface area contributed by atoms with Crippen molar-refractivity contribution >= 4 is 5.97 Å². The van der Waals surface area contributed by atoms with Gasteiger partial charge in [-0.15, -0.1) is 0 Å². The van der Waals surface area contributed by atoms with E-state index in [2.05, 4.69) is 33.0 Å². The molecule has 0 amide bonds. The van der Waals surface area contributed by atoms with Crippen molar-refractivity contribution in [1.29, 1.82) is 0 Å².